The molecule has 0 aliphatic carbocycles. The largest absolute Gasteiger partial charge is 0.481 e. The van der Waals surface area contributed by atoms with Crippen molar-refractivity contribution in [1.29, 1.82) is 0 Å². The monoisotopic (exact) mass is 234 g/mol. The van der Waals surface area contributed by atoms with Crippen LogP contribution in [0.4, 0.5) is 0 Å². The molecule has 1 heterocycles. The number of nitrogens with zero attached hydrogens (tertiary/aromatic N) is 1. The molecule has 0 aliphatic heterocycles. The van der Waals surface area contributed by atoms with Gasteiger partial charge in [0.25, 0.3) is 0 Å². The van der Waals surface area contributed by atoms with Crippen LogP contribution in [-0.4, -0.2) is 27.0 Å². The van der Waals surface area contributed by atoms with Gasteiger partial charge < -0.3 is 5.11 Å². The molecule has 16 heavy (non-hydrogen) atoms. The van der Waals surface area contributed by atoms with Crippen LogP contribution in [-0.2, 0) is 4.79 Å². The lowest BCUT2D eigenvalue weighted by Gasteiger charge is -1.93. The van der Waals surface area contributed by atoms with E-state index in [4.69, 9.17) is 5.11 Å². The quantitative estimate of drug-likeness (QED) is 0.796. The van der Waals surface area contributed by atoms with Crippen molar-refractivity contribution in [2.45, 2.75) is 5.03 Å². The molecular formula is C11H10N2O2S. The molecule has 0 unspecified atom stereocenters. The molecule has 2 N–H and O–H groups in total. The van der Waals surface area contributed by atoms with Crippen LogP contribution >= 0.6 is 11.8 Å². The number of rotatable bonds is 4. The van der Waals surface area contributed by atoms with Crippen molar-refractivity contribution in [2.75, 3.05) is 5.75 Å². The van der Waals surface area contributed by atoms with E-state index >= 15 is 0 Å². The molecule has 5 heteroatoms. The Bertz CT molecular complexity index is 482. The van der Waals surface area contributed by atoms with Crippen LogP contribution in [0.3, 0.4) is 0 Å². The van der Waals surface area contributed by atoms with Crippen LogP contribution < -0.4 is 0 Å². The summed E-state index contributed by atoms with van der Waals surface area (Å²) >= 11 is 1.20. The zero-order valence-corrected chi connectivity index (χ0v) is 9.20. The van der Waals surface area contributed by atoms with Crippen LogP contribution in [0, 0.1) is 0 Å². The number of aliphatic carboxylic acids is 1. The lowest BCUT2D eigenvalue weighted by atomic mass is 10.2. The molecule has 2 rings (SSSR count). The first-order chi connectivity index (χ1) is 7.75. The van der Waals surface area contributed by atoms with Crippen LogP contribution in [0.2, 0.25) is 0 Å². The van der Waals surface area contributed by atoms with Gasteiger partial charge in [-0.2, -0.15) is 5.10 Å². The maximum atomic E-state index is 10.4. The lowest BCUT2D eigenvalue weighted by Crippen LogP contribution is -1.97. The number of carboxylic acid groups (broad SMARTS) is 1. The predicted molar refractivity (Wildman–Crippen MR) is 62.4 cm³/mol. The molecule has 2 aromatic rings. The van der Waals surface area contributed by atoms with Crippen molar-refractivity contribution in [1.82, 2.24) is 10.2 Å². The Hall–Kier alpha value is -1.75. The van der Waals surface area contributed by atoms with Gasteiger partial charge in [-0.15, -0.1) is 0 Å². The highest BCUT2D eigenvalue weighted by molar-refractivity contribution is 7.99. The number of benzene rings is 1. The van der Waals surface area contributed by atoms with E-state index < -0.39 is 5.97 Å². The molecule has 0 radical (unpaired) electrons. The number of nitrogens with one attached hydrogen (secondary N) is 1. The smallest absolute Gasteiger partial charge is 0.313 e. The van der Waals surface area contributed by atoms with E-state index in [1.165, 1.54) is 11.8 Å². The van der Waals surface area contributed by atoms with Crippen molar-refractivity contribution in [3.63, 3.8) is 0 Å². The van der Waals surface area contributed by atoms with Crippen molar-refractivity contribution in [2.24, 2.45) is 0 Å². The van der Waals surface area contributed by atoms with Gasteiger partial charge in [-0.1, -0.05) is 42.1 Å². The number of aromatic amines is 1. The molecule has 0 bridgehead atoms. The number of H-pyrrole nitrogens is 1. The molecular weight excluding hydrogens is 224 g/mol. The molecule has 0 aliphatic rings. The molecule has 4 nitrogen and oxygen atoms in total. The van der Waals surface area contributed by atoms with E-state index in [0.29, 0.717) is 5.03 Å². The number of aromatic nitrogens is 2. The van der Waals surface area contributed by atoms with Gasteiger partial charge in [0.05, 0.1) is 11.4 Å². The highest BCUT2D eigenvalue weighted by atomic mass is 32.2. The van der Waals surface area contributed by atoms with Crippen LogP contribution in [0.15, 0.2) is 41.4 Å². The second-order valence-electron chi connectivity index (χ2n) is 3.17. The minimum atomic E-state index is -0.839. The summed E-state index contributed by atoms with van der Waals surface area (Å²) in [5.41, 5.74) is 1.94. The van der Waals surface area contributed by atoms with Gasteiger partial charge in [-0.05, 0) is 11.6 Å². The van der Waals surface area contributed by atoms with Crippen molar-refractivity contribution in [3.05, 3.63) is 36.4 Å². The Kier molecular flexibility index (Phi) is 3.26. The van der Waals surface area contributed by atoms with Crippen molar-refractivity contribution in [3.8, 4) is 11.3 Å². The van der Waals surface area contributed by atoms with E-state index in [2.05, 4.69) is 10.2 Å². The Morgan fingerprint density at radius 3 is 2.81 bits per heavy atom. The topological polar surface area (TPSA) is 66.0 Å². The minimum Gasteiger partial charge on any atom is -0.481 e. The van der Waals surface area contributed by atoms with E-state index in [9.17, 15) is 4.79 Å². The van der Waals surface area contributed by atoms with Crippen molar-refractivity contribution >= 4 is 17.7 Å². The average molecular weight is 234 g/mol. The molecule has 0 saturated heterocycles. The maximum absolute atomic E-state index is 10.4. The van der Waals surface area contributed by atoms with Gasteiger partial charge in [0.15, 0.2) is 0 Å². The van der Waals surface area contributed by atoms with E-state index in [-0.39, 0.29) is 5.75 Å². The third kappa shape index (κ3) is 2.64. The lowest BCUT2D eigenvalue weighted by molar-refractivity contribution is -0.133. The molecule has 1 aromatic carbocycles. The Morgan fingerprint density at radius 1 is 1.38 bits per heavy atom. The summed E-state index contributed by atoms with van der Waals surface area (Å²) in [6, 6.07) is 11.6. The predicted octanol–water partition coefficient (Wildman–Crippen LogP) is 2.25. The number of carboxylic acids is 1. The third-order valence-electron chi connectivity index (χ3n) is 1.98. The fourth-order valence-electron chi connectivity index (χ4n) is 1.28. The molecule has 0 fully saturated rings. The Labute approximate surface area is 96.7 Å². The molecule has 1 aromatic heterocycles. The highest BCUT2D eigenvalue weighted by Gasteiger charge is 2.05. The SMILES string of the molecule is O=C(O)CSc1cc(-c2ccccc2)[nH]n1. The summed E-state index contributed by atoms with van der Waals surface area (Å²) in [5.74, 6) is -0.812. The van der Waals surface area contributed by atoms with Crippen molar-refractivity contribution < 1.29 is 9.90 Å². The second kappa shape index (κ2) is 4.85. The highest BCUT2D eigenvalue weighted by Crippen LogP contribution is 2.22. The molecule has 82 valence electrons. The number of carbonyl (C=O) groups is 1. The minimum absolute atomic E-state index is 0.0269. The average Bonchev–Trinajstić information content (AvgIpc) is 2.76. The standard InChI is InChI=1S/C11H10N2O2S/c14-11(15)7-16-10-6-9(12-13-10)8-4-2-1-3-5-8/h1-6H,7H2,(H,12,13)(H,14,15). The van der Waals surface area contributed by atoms with Crippen LogP contribution in [0.1, 0.15) is 0 Å². The Morgan fingerprint density at radius 2 is 2.12 bits per heavy atom. The maximum Gasteiger partial charge on any atom is 0.313 e. The normalized spacial score (nSPS) is 10.2. The summed E-state index contributed by atoms with van der Waals surface area (Å²) in [5, 5.41) is 16.2. The van der Waals surface area contributed by atoms with Crippen LogP contribution in [0.5, 0.6) is 0 Å². The molecule has 0 saturated carbocycles. The fourth-order valence-corrected chi connectivity index (χ4v) is 1.86. The number of thioether (sulfide) groups is 1. The van der Waals surface area contributed by atoms with Gasteiger partial charge in [0.1, 0.15) is 5.03 Å². The van der Waals surface area contributed by atoms with E-state index in [0.717, 1.165) is 11.3 Å². The summed E-state index contributed by atoms with van der Waals surface area (Å²) in [4.78, 5) is 10.4. The van der Waals surface area contributed by atoms with Gasteiger partial charge >= 0.3 is 5.97 Å². The van der Waals surface area contributed by atoms with Gasteiger partial charge in [0.2, 0.25) is 0 Å². The third-order valence-corrected chi connectivity index (χ3v) is 2.88. The summed E-state index contributed by atoms with van der Waals surface area (Å²) < 4.78 is 0. The summed E-state index contributed by atoms with van der Waals surface area (Å²) in [6.07, 6.45) is 0. The molecule has 0 spiro atoms. The van der Waals surface area contributed by atoms with E-state index in [1.807, 2.05) is 36.4 Å². The first kappa shape index (κ1) is 10.8. The zero-order chi connectivity index (χ0) is 11.4. The van der Waals surface area contributed by atoms with Gasteiger partial charge in [-0.25, -0.2) is 0 Å². The molecule has 0 atom stereocenters. The summed E-state index contributed by atoms with van der Waals surface area (Å²) in [7, 11) is 0. The second-order valence-corrected chi connectivity index (χ2v) is 4.16. The summed E-state index contributed by atoms with van der Waals surface area (Å²) in [6.45, 7) is 0. The van der Waals surface area contributed by atoms with Gasteiger partial charge in [-0.3, -0.25) is 9.89 Å². The first-order valence-electron chi connectivity index (χ1n) is 4.71. The first-order valence-corrected chi connectivity index (χ1v) is 5.69. The van der Waals surface area contributed by atoms with E-state index in [1.54, 1.807) is 0 Å². The zero-order valence-electron chi connectivity index (χ0n) is 8.38. The Balaban J connectivity index is 2.11. The number of hydrogen-bond donors (Lipinski definition) is 2. The van der Waals surface area contributed by atoms with Crippen LogP contribution in [0.25, 0.3) is 11.3 Å². The van der Waals surface area contributed by atoms with Gasteiger partial charge in [0, 0.05) is 0 Å². The fraction of sp³-hybridized carbons (Fsp3) is 0.0909. The molecule has 0 amide bonds. The number of hydrogen-bond acceptors (Lipinski definition) is 3.